The van der Waals surface area contributed by atoms with Crippen molar-refractivity contribution in [1.82, 2.24) is 0 Å². The number of hydrogen-bond donors (Lipinski definition) is 4. The van der Waals surface area contributed by atoms with Gasteiger partial charge in [0.2, 0.25) is 0 Å². The minimum absolute atomic E-state index is 0.172. The number of nitrogens with two attached hydrogens (primary N) is 1. The molecule has 6 heteroatoms. The predicted molar refractivity (Wildman–Crippen MR) is 111 cm³/mol. The Morgan fingerprint density at radius 3 is 2.19 bits per heavy atom. The molecule has 0 aliphatic heterocycles. The van der Waals surface area contributed by atoms with Gasteiger partial charge >= 0.3 is 5.97 Å². The van der Waals surface area contributed by atoms with E-state index in [1.165, 1.54) is 6.42 Å². The molecule has 0 saturated heterocycles. The van der Waals surface area contributed by atoms with E-state index in [9.17, 15) is 9.90 Å². The molecule has 0 aromatic heterocycles. The van der Waals surface area contributed by atoms with Gasteiger partial charge in [-0.25, -0.2) is 0 Å². The zero-order chi connectivity index (χ0) is 20.8. The molecule has 27 heavy (non-hydrogen) atoms. The number of carboxylic acid groups (broad SMARTS) is 1. The molecule has 0 aromatic rings. The minimum Gasteiger partial charge on any atom is -0.481 e. The quantitative estimate of drug-likeness (QED) is 0.223. The van der Waals surface area contributed by atoms with Crippen LogP contribution in [0, 0.1) is 0 Å². The highest BCUT2D eigenvalue weighted by atomic mass is 16.5. The van der Waals surface area contributed by atoms with Gasteiger partial charge in [-0.2, -0.15) is 0 Å². The number of ether oxygens (including phenoxy) is 1. The zero-order valence-electron chi connectivity index (χ0n) is 17.4. The Hall–Kier alpha value is -0.950. The molecule has 0 saturated carbocycles. The second kappa shape index (κ2) is 23.1. The summed E-state index contributed by atoms with van der Waals surface area (Å²) in [5, 5.41) is 26.3. The van der Waals surface area contributed by atoms with E-state index in [0.29, 0.717) is 25.4 Å². The number of aliphatic hydroxyl groups is 2. The van der Waals surface area contributed by atoms with Crippen molar-refractivity contribution in [2.24, 2.45) is 5.73 Å². The van der Waals surface area contributed by atoms with Crippen molar-refractivity contribution >= 4 is 5.97 Å². The van der Waals surface area contributed by atoms with E-state index in [4.69, 9.17) is 20.7 Å². The summed E-state index contributed by atoms with van der Waals surface area (Å²) in [4.78, 5) is 10.2. The van der Waals surface area contributed by atoms with Crippen LogP contribution in [0.25, 0.3) is 0 Å². The van der Waals surface area contributed by atoms with E-state index in [2.05, 4.69) is 26.0 Å². The van der Waals surface area contributed by atoms with Crippen LogP contribution in [0.1, 0.15) is 84.5 Å². The van der Waals surface area contributed by atoms with E-state index >= 15 is 0 Å². The van der Waals surface area contributed by atoms with Gasteiger partial charge < -0.3 is 25.8 Å². The third-order valence-electron chi connectivity index (χ3n) is 3.85. The second-order valence-corrected chi connectivity index (χ2v) is 6.98. The Labute approximate surface area is 165 Å². The highest BCUT2D eigenvalue weighted by molar-refractivity contribution is 5.66. The highest BCUT2D eigenvalue weighted by Gasteiger charge is 2.04. The van der Waals surface area contributed by atoms with Crippen LogP contribution >= 0.6 is 0 Å². The number of aliphatic hydroxyl groups excluding tert-OH is 2. The monoisotopic (exact) mass is 389 g/mol. The molecule has 0 heterocycles. The molecule has 0 rings (SSSR count). The Bertz CT molecular complexity index is 335. The summed E-state index contributed by atoms with van der Waals surface area (Å²) in [5.41, 5.74) is 5.38. The number of rotatable bonds is 17. The second-order valence-electron chi connectivity index (χ2n) is 6.98. The lowest BCUT2D eigenvalue weighted by Crippen LogP contribution is -2.06. The first-order valence-corrected chi connectivity index (χ1v) is 10.4. The number of hydrogen-bond acceptors (Lipinski definition) is 5. The van der Waals surface area contributed by atoms with Crippen molar-refractivity contribution in [3.63, 3.8) is 0 Å². The van der Waals surface area contributed by atoms with Gasteiger partial charge in [0, 0.05) is 13.0 Å². The molecule has 0 amide bonds. The average molecular weight is 390 g/mol. The van der Waals surface area contributed by atoms with Crippen molar-refractivity contribution in [3.8, 4) is 0 Å². The van der Waals surface area contributed by atoms with Gasteiger partial charge in [0.1, 0.15) is 0 Å². The first-order chi connectivity index (χ1) is 12.9. The van der Waals surface area contributed by atoms with Gasteiger partial charge in [-0.15, -0.1) is 0 Å². The van der Waals surface area contributed by atoms with Crippen LogP contribution in [0.5, 0.6) is 0 Å². The van der Waals surface area contributed by atoms with Crippen molar-refractivity contribution in [2.45, 2.75) is 96.7 Å². The third-order valence-corrected chi connectivity index (χ3v) is 3.85. The summed E-state index contributed by atoms with van der Waals surface area (Å²) in [6, 6.07) is 0. The lowest BCUT2D eigenvalue weighted by Gasteiger charge is -2.08. The summed E-state index contributed by atoms with van der Waals surface area (Å²) < 4.78 is 5.40. The van der Waals surface area contributed by atoms with Crippen LogP contribution < -0.4 is 5.73 Å². The van der Waals surface area contributed by atoms with Crippen LogP contribution in [-0.4, -0.2) is 53.3 Å². The first-order valence-electron chi connectivity index (χ1n) is 10.4. The molecular weight excluding hydrogens is 346 g/mol. The maximum absolute atomic E-state index is 10.2. The van der Waals surface area contributed by atoms with Gasteiger partial charge in [-0.3, -0.25) is 4.79 Å². The molecule has 0 fully saturated rings. The Kier molecular flexibility index (Phi) is 24.2. The fourth-order valence-corrected chi connectivity index (χ4v) is 2.31. The number of carbonyl (C=O) groups is 1. The van der Waals surface area contributed by atoms with Crippen molar-refractivity contribution in [2.75, 3.05) is 19.8 Å². The van der Waals surface area contributed by atoms with Crippen molar-refractivity contribution in [3.05, 3.63) is 12.2 Å². The topological polar surface area (TPSA) is 113 Å². The number of allylic oxidation sites excluding steroid dienone is 1. The van der Waals surface area contributed by atoms with Gasteiger partial charge in [0.15, 0.2) is 0 Å². The molecule has 0 aliphatic rings. The van der Waals surface area contributed by atoms with Crippen LogP contribution in [-0.2, 0) is 9.53 Å². The summed E-state index contributed by atoms with van der Waals surface area (Å²) in [6.07, 6.45) is 13.4. The Morgan fingerprint density at radius 2 is 1.63 bits per heavy atom. The summed E-state index contributed by atoms with van der Waals surface area (Å²) >= 11 is 0. The molecule has 162 valence electrons. The van der Waals surface area contributed by atoms with Crippen LogP contribution in [0.15, 0.2) is 12.2 Å². The van der Waals surface area contributed by atoms with E-state index in [1.54, 1.807) is 0 Å². The first kappa shape index (κ1) is 28.3. The van der Waals surface area contributed by atoms with E-state index in [-0.39, 0.29) is 19.1 Å². The molecule has 0 bridgehead atoms. The summed E-state index contributed by atoms with van der Waals surface area (Å²) in [7, 11) is 0. The maximum Gasteiger partial charge on any atom is 0.303 e. The van der Waals surface area contributed by atoms with E-state index in [0.717, 1.165) is 51.7 Å². The molecule has 1 atom stereocenters. The minimum atomic E-state index is -0.778. The molecule has 6 nitrogen and oxygen atoms in total. The number of carboxylic acids is 1. The predicted octanol–water partition coefficient (Wildman–Crippen LogP) is 3.64. The highest BCUT2D eigenvalue weighted by Crippen LogP contribution is 2.09. The third kappa shape index (κ3) is 30.0. The molecule has 1 unspecified atom stereocenters. The fraction of sp³-hybridized carbons (Fsp3) is 0.857. The summed E-state index contributed by atoms with van der Waals surface area (Å²) in [6.45, 7) is 5.94. The maximum atomic E-state index is 10.2. The molecule has 0 aliphatic carbocycles. The largest absolute Gasteiger partial charge is 0.481 e. The van der Waals surface area contributed by atoms with Crippen LogP contribution in [0.3, 0.4) is 0 Å². The molecule has 0 aromatic carbocycles. The zero-order valence-corrected chi connectivity index (χ0v) is 17.4. The van der Waals surface area contributed by atoms with Crippen LogP contribution in [0.4, 0.5) is 0 Å². The van der Waals surface area contributed by atoms with Gasteiger partial charge in [-0.1, -0.05) is 18.6 Å². The number of unbranched alkanes of at least 4 members (excludes halogenated alkanes) is 4. The van der Waals surface area contributed by atoms with Gasteiger partial charge in [0.25, 0.3) is 0 Å². The standard InChI is InChI=1S/C11H23NO.C10H20O4/c1-11(2)13-10-8-6-4-3-5-7-9-12;11-8-4-3-6-9(12)5-1-2-7-10(13)14/h4,6,11H,3,5,7-10,12H2,1-2H3;9,11-12H,1-8H2,(H,13,14)/b6-4+;. The smallest absolute Gasteiger partial charge is 0.303 e. The van der Waals surface area contributed by atoms with Crippen molar-refractivity contribution < 1.29 is 24.9 Å². The number of aliphatic carboxylic acids is 1. The van der Waals surface area contributed by atoms with Crippen LogP contribution in [0.2, 0.25) is 0 Å². The Morgan fingerprint density at radius 1 is 1.00 bits per heavy atom. The normalized spacial score (nSPS) is 12.2. The van der Waals surface area contributed by atoms with Gasteiger partial charge in [0.05, 0.1) is 18.8 Å². The molecule has 5 N–H and O–H groups in total. The summed E-state index contributed by atoms with van der Waals surface area (Å²) in [5.74, 6) is -0.778. The molecular formula is C21H43NO5. The van der Waals surface area contributed by atoms with E-state index in [1.807, 2.05) is 0 Å². The lowest BCUT2D eigenvalue weighted by molar-refractivity contribution is -0.137. The Balaban J connectivity index is 0. The average Bonchev–Trinajstić information content (AvgIpc) is 2.61. The van der Waals surface area contributed by atoms with Gasteiger partial charge in [-0.05, 0) is 78.2 Å². The van der Waals surface area contributed by atoms with Crippen molar-refractivity contribution in [1.29, 1.82) is 0 Å². The molecule has 0 radical (unpaired) electrons. The van der Waals surface area contributed by atoms with E-state index < -0.39 is 5.97 Å². The molecule has 0 spiro atoms. The SMILES string of the molecule is CC(C)OCC/C=C/CCCCN.O=C(O)CCCCC(O)CCCCO. The lowest BCUT2D eigenvalue weighted by atomic mass is 10.1. The fourth-order valence-electron chi connectivity index (χ4n) is 2.31.